The van der Waals surface area contributed by atoms with Gasteiger partial charge in [0.15, 0.2) is 0 Å². The van der Waals surface area contributed by atoms with Crippen LogP contribution in [-0.4, -0.2) is 0 Å². The van der Waals surface area contributed by atoms with Crippen LogP contribution in [0.15, 0.2) is 12.2 Å². The van der Waals surface area contributed by atoms with E-state index in [4.69, 9.17) is 5.26 Å². The van der Waals surface area contributed by atoms with E-state index < -0.39 is 0 Å². The fourth-order valence-corrected chi connectivity index (χ4v) is 4.75. The van der Waals surface area contributed by atoms with Gasteiger partial charge in [-0.15, -0.1) is 0 Å². The maximum absolute atomic E-state index is 9.03. The number of hydrogen-bond acceptors (Lipinski definition) is 1. The summed E-state index contributed by atoms with van der Waals surface area (Å²) in [5.74, 6) is 3.31. The average Bonchev–Trinajstić information content (AvgIpc) is 2.61. The SMILES string of the molecule is CCCC/C=C\CCCC1CCC(C2CCC(C#N)CC2)CC1. The summed E-state index contributed by atoms with van der Waals surface area (Å²) < 4.78 is 0. The van der Waals surface area contributed by atoms with Crippen LogP contribution in [-0.2, 0) is 0 Å². The molecule has 0 saturated heterocycles. The first-order chi connectivity index (χ1) is 11.3. The average molecular weight is 316 g/mol. The molecule has 0 bridgehead atoms. The number of rotatable bonds is 8. The Labute approximate surface area is 144 Å². The normalized spacial score (nSPS) is 32.0. The molecular weight excluding hydrogens is 278 g/mol. The molecule has 23 heavy (non-hydrogen) atoms. The Morgan fingerprint density at radius 2 is 1.39 bits per heavy atom. The fourth-order valence-electron chi connectivity index (χ4n) is 4.75. The third-order valence-electron chi connectivity index (χ3n) is 6.39. The van der Waals surface area contributed by atoms with E-state index in [1.807, 2.05) is 0 Å². The van der Waals surface area contributed by atoms with Crippen molar-refractivity contribution in [1.29, 1.82) is 5.26 Å². The van der Waals surface area contributed by atoms with Crippen molar-refractivity contribution < 1.29 is 0 Å². The Hall–Kier alpha value is -0.770. The second-order valence-corrected chi connectivity index (χ2v) is 8.07. The van der Waals surface area contributed by atoms with Gasteiger partial charge in [-0.1, -0.05) is 51.2 Å². The smallest absolute Gasteiger partial charge is 0.0655 e. The zero-order chi connectivity index (χ0) is 16.3. The summed E-state index contributed by atoms with van der Waals surface area (Å²) in [4.78, 5) is 0. The van der Waals surface area contributed by atoms with E-state index in [1.165, 1.54) is 89.9 Å². The molecule has 0 aliphatic heterocycles. The summed E-state index contributed by atoms with van der Waals surface area (Å²) >= 11 is 0. The van der Waals surface area contributed by atoms with Gasteiger partial charge in [-0.3, -0.25) is 0 Å². The Bertz CT molecular complexity index is 362. The number of nitrogens with zero attached hydrogens (tertiary/aromatic N) is 1. The standard InChI is InChI=1S/C22H37N/c1-2-3-4-5-6-7-8-9-19-10-14-21(15-11-19)22-16-12-20(18-23)13-17-22/h5-6,19-22H,2-4,7-17H2,1H3/b6-5-. The molecule has 2 aliphatic carbocycles. The predicted octanol–water partition coefficient (Wildman–Crippen LogP) is 7.04. The minimum Gasteiger partial charge on any atom is -0.198 e. The van der Waals surface area contributed by atoms with Gasteiger partial charge in [-0.05, 0) is 75.5 Å². The third kappa shape index (κ3) is 6.70. The molecule has 0 atom stereocenters. The molecule has 0 amide bonds. The lowest BCUT2D eigenvalue weighted by atomic mass is 9.69. The third-order valence-corrected chi connectivity index (χ3v) is 6.39. The van der Waals surface area contributed by atoms with Gasteiger partial charge in [0.1, 0.15) is 0 Å². The molecular formula is C22H37N. The van der Waals surface area contributed by atoms with E-state index in [-0.39, 0.29) is 0 Å². The van der Waals surface area contributed by atoms with E-state index >= 15 is 0 Å². The molecule has 1 heteroatoms. The molecule has 2 aliphatic rings. The number of unbranched alkanes of at least 4 members (excludes halogenated alkanes) is 3. The van der Waals surface area contributed by atoms with Crippen molar-refractivity contribution in [3.05, 3.63) is 12.2 Å². The Balaban J connectivity index is 1.54. The summed E-state index contributed by atoms with van der Waals surface area (Å²) in [7, 11) is 0. The molecule has 2 saturated carbocycles. The van der Waals surface area contributed by atoms with Crippen molar-refractivity contribution in [2.24, 2.45) is 23.7 Å². The summed E-state index contributed by atoms with van der Waals surface area (Å²) in [5, 5.41) is 9.03. The first-order valence-electron chi connectivity index (χ1n) is 10.4. The van der Waals surface area contributed by atoms with Gasteiger partial charge >= 0.3 is 0 Å². The van der Waals surface area contributed by atoms with Crippen molar-refractivity contribution in [3.63, 3.8) is 0 Å². The van der Waals surface area contributed by atoms with Gasteiger partial charge in [0.25, 0.3) is 0 Å². The van der Waals surface area contributed by atoms with Crippen LogP contribution in [0, 0.1) is 35.0 Å². The quantitative estimate of drug-likeness (QED) is 0.348. The second-order valence-electron chi connectivity index (χ2n) is 8.07. The highest BCUT2D eigenvalue weighted by Crippen LogP contribution is 2.42. The molecule has 0 spiro atoms. The Morgan fingerprint density at radius 3 is 1.96 bits per heavy atom. The molecule has 0 aromatic rings. The molecule has 2 fully saturated rings. The van der Waals surface area contributed by atoms with Crippen molar-refractivity contribution >= 4 is 0 Å². The van der Waals surface area contributed by atoms with E-state index in [0.717, 1.165) is 17.8 Å². The van der Waals surface area contributed by atoms with Gasteiger partial charge in [-0.25, -0.2) is 0 Å². The maximum atomic E-state index is 9.03. The van der Waals surface area contributed by atoms with E-state index in [1.54, 1.807) is 0 Å². The monoisotopic (exact) mass is 315 g/mol. The molecule has 0 N–H and O–H groups in total. The van der Waals surface area contributed by atoms with E-state index in [2.05, 4.69) is 25.1 Å². The zero-order valence-electron chi connectivity index (χ0n) is 15.3. The molecule has 130 valence electrons. The van der Waals surface area contributed by atoms with Crippen LogP contribution in [0.1, 0.15) is 96.8 Å². The number of nitriles is 1. The minimum absolute atomic E-state index is 0.368. The van der Waals surface area contributed by atoms with Gasteiger partial charge < -0.3 is 0 Å². The highest BCUT2D eigenvalue weighted by Gasteiger charge is 2.30. The van der Waals surface area contributed by atoms with E-state index in [9.17, 15) is 0 Å². The second kappa shape index (κ2) is 10.9. The van der Waals surface area contributed by atoms with Crippen LogP contribution in [0.2, 0.25) is 0 Å². The lowest BCUT2D eigenvalue weighted by molar-refractivity contribution is 0.153. The fraction of sp³-hybridized carbons (Fsp3) is 0.864. The minimum atomic E-state index is 0.368. The van der Waals surface area contributed by atoms with Crippen LogP contribution in [0.25, 0.3) is 0 Å². The molecule has 2 rings (SSSR count). The Kier molecular flexibility index (Phi) is 8.80. The van der Waals surface area contributed by atoms with Gasteiger partial charge in [-0.2, -0.15) is 5.26 Å². The number of allylic oxidation sites excluding steroid dienone is 2. The topological polar surface area (TPSA) is 23.8 Å². The van der Waals surface area contributed by atoms with Crippen molar-refractivity contribution in [2.75, 3.05) is 0 Å². The summed E-state index contributed by atoms with van der Waals surface area (Å²) in [6.45, 7) is 2.26. The van der Waals surface area contributed by atoms with Crippen LogP contribution < -0.4 is 0 Å². The van der Waals surface area contributed by atoms with Gasteiger partial charge in [0.2, 0.25) is 0 Å². The lowest BCUT2D eigenvalue weighted by Gasteiger charge is -2.36. The maximum Gasteiger partial charge on any atom is 0.0655 e. The first kappa shape index (κ1) is 18.6. The van der Waals surface area contributed by atoms with Gasteiger partial charge in [0, 0.05) is 5.92 Å². The molecule has 0 heterocycles. The summed E-state index contributed by atoms with van der Waals surface area (Å²) in [5.41, 5.74) is 0. The van der Waals surface area contributed by atoms with Crippen LogP contribution in [0.4, 0.5) is 0 Å². The molecule has 1 nitrogen and oxygen atoms in total. The number of hydrogen-bond donors (Lipinski definition) is 0. The molecule has 0 aromatic carbocycles. The lowest BCUT2D eigenvalue weighted by Crippen LogP contribution is -2.25. The molecule has 0 radical (unpaired) electrons. The predicted molar refractivity (Wildman–Crippen MR) is 99.0 cm³/mol. The van der Waals surface area contributed by atoms with Crippen LogP contribution in [0.3, 0.4) is 0 Å². The van der Waals surface area contributed by atoms with Crippen LogP contribution >= 0.6 is 0 Å². The Morgan fingerprint density at radius 1 is 0.826 bits per heavy atom. The zero-order valence-corrected chi connectivity index (χ0v) is 15.3. The summed E-state index contributed by atoms with van der Waals surface area (Å²) in [6, 6.07) is 2.47. The molecule has 0 aromatic heterocycles. The van der Waals surface area contributed by atoms with E-state index in [0.29, 0.717) is 5.92 Å². The summed E-state index contributed by atoms with van der Waals surface area (Å²) in [6.07, 6.45) is 23.8. The van der Waals surface area contributed by atoms with Crippen molar-refractivity contribution in [1.82, 2.24) is 0 Å². The van der Waals surface area contributed by atoms with Crippen molar-refractivity contribution in [2.45, 2.75) is 96.8 Å². The first-order valence-corrected chi connectivity index (χ1v) is 10.4. The molecule has 0 unspecified atom stereocenters. The van der Waals surface area contributed by atoms with Crippen LogP contribution in [0.5, 0.6) is 0 Å². The highest BCUT2D eigenvalue weighted by molar-refractivity contribution is 4.89. The highest BCUT2D eigenvalue weighted by atomic mass is 14.4. The van der Waals surface area contributed by atoms with Crippen molar-refractivity contribution in [3.8, 4) is 6.07 Å². The largest absolute Gasteiger partial charge is 0.198 e. The van der Waals surface area contributed by atoms with Gasteiger partial charge in [0.05, 0.1) is 6.07 Å².